The first-order valence-electron chi connectivity index (χ1n) is 5.34. The Morgan fingerprint density at radius 3 is 2.14 bits per heavy atom. The van der Waals surface area contributed by atoms with Gasteiger partial charge in [0.2, 0.25) is 0 Å². The van der Waals surface area contributed by atoms with E-state index in [4.69, 9.17) is 0 Å². The maximum atomic E-state index is 11.7. The molecule has 0 heterocycles. The monoisotopic (exact) mass is 221 g/mol. The summed E-state index contributed by atoms with van der Waals surface area (Å²) in [5.74, 6) is 0.456. The zero-order valence-electron chi connectivity index (χ0n) is 9.71. The molecule has 0 saturated heterocycles. The summed E-state index contributed by atoms with van der Waals surface area (Å²) in [6.07, 6.45) is 1.04. The Kier molecular flexibility index (Phi) is 6.36. The normalized spacial score (nSPS) is 14.6. The molecule has 0 aliphatic heterocycles. The van der Waals surface area contributed by atoms with Gasteiger partial charge in [-0.1, -0.05) is 20.8 Å². The Labute approximate surface area is 88.2 Å². The minimum absolute atomic E-state index is 0.200. The second-order valence-electron chi connectivity index (χ2n) is 4.07. The number of hydrogen-bond donors (Lipinski definition) is 1. The van der Waals surface area contributed by atoms with Crippen molar-refractivity contribution in [3.8, 4) is 0 Å². The smallest absolute Gasteiger partial charge is 0.154 e. The van der Waals surface area contributed by atoms with E-state index in [2.05, 4.69) is 12.2 Å². The van der Waals surface area contributed by atoms with Crippen LogP contribution in [0.25, 0.3) is 0 Å². The van der Waals surface area contributed by atoms with Gasteiger partial charge in [0.25, 0.3) is 0 Å². The maximum Gasteiger partial charge on any atom is 0.154 e. The van der Waals surface area contributed by atoms with Crippen molar-refractivity contribution < 1.29 is 8.42 Å². The van der Waals surface area contributed by atoms with Gasteiger partial charge in [0.05, 0.1) is 11.0 Å². The van der Waals surface area contributed by atoms with Gasteiger partial charge >= 0.3 is 0 Å². The minimum atomic E-state index is -2.90. The molecule has 1 N–H and O–H groups in total. The predicted octanol–water partition coefficient (Wildman–Crippen LogP) is 1.45. The van der Waals surface area contributed by atoms with Crippen LogP contribution in [0.3, 0.4) is 0 Å². The fourth-order valence-electron chi connectivity index (χ4n) is 1.12. The van der Waals surface area contributed by atoms with Crippen LogP contribution in [0.5, 0.6) is 0 Å². The molecule has 0 saturated carbocycles. The molecule has 0 bridgehead atoms. The van der Waals surface area contributed by atoms with E-state index in [1.165, 1.54) is 0 Å². The molecule has 0 aliphatic rings. The Hall–Kier alpha value is -0.0900. The van der Waals surface area contributed by atoms with Gasteiger partial charge in [-0.15, -0.1) is 0 Å². The van der Waals surface area contributed by atoms with E-state index in [1.54, 1.807) is 6.92 Å². The van der Waals surface area contributed by atoms with Crippen LogP contribution >= 0.6 is 0 Å². The Morgan fingerprint density at radius 1 is 1.14 bits per heavy atom. The molecule has 0 radical (unpaired) electrons. The molecule has 0 aromatic carbocycles. The lowest BCUT2D eigenvalue weighted by molar-refractivity contribution is 0.542. The van der Waals surface area contributed by atoms with Crippen LogP contribution < -0.4 is 5.32 Å². The lowest BCUT2D eigenvalue weighted by atomic mass is 10.2. The Morgan fingerprint density at radius 2 is 1.71 bits per heavy atom. The quantitative estimate of drug-likeness (QED) is 0.662. The van der Waals surface area contributed by atoms with Crippen molar-refractivity contribution in [2.75, 3.05) is 18.8 Å². The number of hydrogen-bond acceptors (Lipinski definition) is 3. The Balaban J connectivity index is 3.96. The van der Waals surface area contributed by atoms with E-state index in [1.807, 2.05) is 13.8 Å². The Bertz CT molecular complexity index is 235. The molecule has 4 heteroatoms. The molecule has 3 nitrogen and oxygen atoms in total. The highest BCUT2D eigenvalue weighted by Crippen LogP contribution is 2.11. The molecule has 0 amide bonds. The van der Waals surface area contributed by atoms with Crippen LogP contribution in [0.15, 0.2) is 0 Å². The molecular weight excluding hydrogens is 198 g/mol. The third kappa shape index (κ3) is 4.96. The van der Waals surface area contributed by atoms with Crippen molar-refractivity contribution in [1.82, 2.24) is 5.32 Å². The van der Waals surface area contributed by atoms with Gasteiger partial charge in [0, 0.05) is 6.54 Å². The van der Waals surface area contributed by atoms with Crippen LogP contribution in [0.1, 0.15) is 34.1 Å². The van der Waals surface area contributed by atoms with Crippen LogP contribution in [0, 0.1) is 5.92 Å². The molecule has 14 heavy (non-hydrogen) atoms. The van der Waals surface area contributed by atoms with E-state index in [-0.39, 0.29) is 16.9 Å². The molecule has 1 unspecified atom stereocenters. The largest absolute Gasteiger partial charge is 0.316 e. The van der Waals surface area contributed by atoms with Crippen LogP contribution in [-0.2, 0) is 9.84 Å². The van der Waals surface area contributed by atoms with Gasteiger partial charge in [0.1, 0.15) is 0 Å². The van der Waals surface area contributed by atoms with Crippen molar-refractivity contribution in [3.63, 3.8) is 0 Å². The summed E-state index contributed by atoms with van der Waals surface area (Å²) < 4.78 is 23.4. The van der Waals surface area contributed by atoms with Crippen molar-refractivity contribution in [2.24, 2.45) is 5.92 Å². The summed E-state index contributed by atoms with van der Waals surface area (Å²) in [6, 6.07) is 0. The molecule has 0 aliphatic carbocycles. The highest BCUT2D eigenvalue weighted by atomic mass is 32.2. The zero-order chi connectivity index (χ0) is 11.2. The van der Waals surface area contributed by atoms with Gasteiger partial charge in [-0.25, -0.2) is 8.42 Å². The number of nitrogens with one attached hydrogen (secondary N) is 1. The third-order valence-corrected chi connectivity index (χ3v) is 4.95. The topological polar surface area (TPSA) is 46.2 Å². The molecule has 0 rings (SSSR count). The van der Waals surface area contributed by atoms with E-state index in [9.17, 15) is 8.42 Å². The molecule has 0 spiro atoms. The molecule has 0 aromatic rings. The minimum Gasteiger partial charge on any atom is -0.316 e. The first-order chi connectivity index (χ1) is 6.41. The summed E-state index contributed by atoms with van der Waals surface area (Å²) >= 11 is 0. The van der Waals surface area contributed by atoms with E-state index >= 15 is 0 Å². The summed E-state index contributed by atoms with van der Waals surface area (Å²) in [5.41, 5.74) is 0. The summed E-state index contributed by atoms with van der Waals surface area (Å²) in [6.45, 7) is 9.22. The summed E-state index contributed by atoms with van der Waals surface area (Å²) in [4.78, 5) is 0. The van der Waals surface area contributed by atoms with Crippen LogP contribution in [-0.4, -0.2) is 32.5 Å². The molecular formula is C10H23NO2S. The van der Waals surface area contributed by atoms with Crippen molar-refractivity contribution in [2.45, 2.75) is 39.4 Å². The second kappa shape index (κ2) is 6.40. The van der Waals surface area contributed by atoms with Gasteiger partial charge in [-0.2, -0.15) is 0 Å². The molecule has 1 atom stereocenters. The summed E-state index contributed by atoms with van der Waals surface area (Å²) in [5, 5.41) is 2.88. The molecule has 86 valence electrons. The number of rotatable bonds is 7. The predicted molar refractivity (Wildman–Crippen MR) is 61.2 cm³/mol. The maximum absolute atomic E-state index is 11.7. The van der Waals surface area contributed by atoms with E-state index in [0.717, 1.165) is 13.0 Å². The van der Waals surface area contributed by atoms with Crippen molar-refractivity contribution in [3.05, 3.63) is 0 Å². The first-order valence-corrected chi connectivity index (χ1v) is 7.05. The summed E-state index contributed by atoms with van der Waals surface area (Å²) in [7, 11) is -2.90. The van der Waals surface area contributed by atoms with Gasteiger partial charge in [-0.3, -0.25) is 0 Å². The highest BCUT2D eigenvalue weighted by molar-refractivity contribution is 7.92. The lowest BCUT2D eigenvalue weighted by Crippen LogP contribution is -2.31. The second-order valence-corrected chi connectivity index (χ2v) is 6.54. The zero-order valence-corrected chi connectivity index (χ0v) is 10.5. The van der Waals surface area contributed by atoms with E-state index in [0.29, 0.717) is 6.54 Å². The fraction of sp³-hybridized carbons (Fsp3) is 1.00. The van der Waals surface area contributed by atoms with Crippen molar-refractivity contribution >= 4 is 9.84 Å². The van der Waals surface area contributed by atoms with Crippen LogP contribution in [0.4, 0.5) is 0 Å². The molecule has 0 fully saturated rings. The lowest BCUT2D eigenvalue weighted by Gasteiger charge is -2.16. The average Bonchev–Trinajstić information content (AvgIpc) is 2.11. The first kappa shape index (κ1) is 13.9. The van der Waals surface area contributed by atoms with Crippen LogP contribution in [0.2, 0.25) is 0 Å². The third-order valence-electron chi connectivity index (χ3n) is 2.50. The highest BCUT2D eigenvalue weighted by Gasteiger charge is 2.22. The average molecular weight is 221 g/mol. The van der Waals surface area contributed by atoms with Gasteiger partial charge in [-0.05, 0) is 25.8 Å². The van der Waals surface area contributed by atoms with E-state index < -0.39 is 9.84 Å². The van der Waals surface area contributed by atoms with Crippen molar-refractivity contribution in [1.29, 1.82) is 0 Å². The van der Waals surface area contributed by atoms with Gasteiger partial charge < -0.3 is 5.32 Å². The van der Waals surface area contributed by atoms with Gasteiger partial charge in [0.15, 0.2) is 9.84 Å². The fourth-order valence-corrected chi connectivity index (χ4v) is 2.75. The SMILES string of the molecule is CCCNCCS(=O)(=O)C(C)C(C)C. The standard InChI is InChI=1S/C10H23NO2S/c1-5-6-11-7-8-14(12,13)10(4)9(2)3/h9-11H,5-8H2,1-4H3. The molecule has 0 aromatic heterocycles. The number of sulfone groups is 1.